The molecule has 3 nitrogen and oxygen atoms in total. The molecule has 1 heterocycles. The Morgan fingerprint density at radius 2 is 2.07 bits per heavy atom. The number of hydrogen-bond acceptors (Lipinski definition) is 3. The van der Waals surface area contributed by atoms with Gasteiger partial charge in [0.1, 0.15) is 4.88 Å². The van der Waals surface area contributed by atoms with E-state index >= 15 is 0 Å². The molecule has 15 heavy (non-hydrogen) atoms. The van der Waals surface area contributed by atoms with Crippen molar-refractivity contribution < 1.29 is 9.90 Å². The lowest BCUT2D eigenvalue weighted by atomic mass is 10.1. The first-order valence-electron chi connectivity index (χ1n) is 4.98. The quantitative estimate of drug-likeness (QED) is 0.859. The highest BCUT2D eigenvalue weighted by Crippen LogP contribution is 2.25. The number of carboxylic acid groups (broad SMARTS) is 1. The van der Waals surface area contributed by atoms with Gasteiger partial charge in [-0.3, -0.25) is 0 Å². The standard InChI is InChI=1S/C11H17NO2S/c1-7(2)8(3)12(4)9-5-10(11(13)14)15-6-9/h5-8H,1-4H3,(H,13,14). The van der Waals surface area contributed by atoms with Crippen molar-refractivity contribution in [3.8, 4) is 0 Å². The predicted octanol–water partition coefficient (Wildman–Crippen LogP) is 2.93. The molecule has 0 aliphatic heterocycles. The Hall–Kier alpha value is -1.03. The van der Waals surface area contributed by atoms with Gasteiger partial charge in [0, 0.05) is 24.2 Å². The lowest BCUT2D eigenvalue weighted by Gasteiger charge is -2.28. The Kier molecular flexibility index (Phi) is 3.74. The SMILES string of the molecule is CC(C)C(C)N(C)c1csc(C(=O)O)c1. The maximum Gasteiger partial charge on any atom is 0.345 e. The average molecular weight is 227 g/mol. The van der Waals surface area contributed by atoms with Crippen molar-refractivity contribution in [1.29, 1.82) is 0 Å². The predicted molar refractivity (Wildman–Crippen MR) is 64.0 cm³/mol. The monoisotopic (exact) mass is 227 g/mol. The van der Waals surface area contributed by atoms with Crippen LogP contribution in [0.4, 0.5) is 5.69 Å². The first-order chi connectivity index (χ1) is 6.93. The number of aromatic carboxylic acids is 1. The fraction of sp³-hybridized carbons (Fsp3) is 0.545. The third-order valence-corrected chi connectivity index (χ3v) is 3.69. The van der Waals surface area contributed by atoms with E-state index in [9.17, 15) is 4.79 Å². The van der Waals surface area contributed by atoms with E-state index in [2.05, 4.69) is 25.7 Å². The van der Waals surface area contributed by atoms with Crippen molar-refractivity contribution in [2.75, 3.05) is 11.9 Å². The zero-order valence-corrected chi connectivity index (χ0v) is 10.3. The summed E-state index contributed by atoms with van der Waals surface area (Å²) in [7, 11) is 2.00. The zero-order chi connectivity index (χ0) is 11.6. The first kappa shape index (κ1) is 12.0. The first-order valence-corrected chi connectivity index (χ1v) is 5.86. The molecule has 0 fully saturated rings. The molecule has 0 aromatic carbocycles. The van der Waals surface area contributed by atoms with Crippen LogP contribution in [-0.4, -0.2) is 24.2 Å². The van der Waals surface area contributed by atoms with Crippen molar-refractivity contribution in [1.82, 2.24) is 0 Å². The van der Waals surface area contributed by atoms with Crippen LogP contribution in [0.5, 0.6) is 0 Å². The summed E-state index contributed by atoms with van der Waals surface area (Å²) in [4.78, 5) is 13.2. The second-order valence-corrected chi connectivity index (χ2v) is 4.98. The minimum absolute atomic E-state index is 0.396. The number of nitrogens with zero attached hydrogens (tertiary/aromatic N) is 1. The van der Waals surface area contributed by atoms with Gasteiger partial charge in [-0.05, 0) is 18.9 Å². The fourth-order valence-electron chi connectivity index (χ4n) is 1.31. The van der Waals surface area contributed by atoms with Crippen molar-refractivity contribution in [2.24, 2.45) is 5.92 Å². The van der Waals surface area contributed by atoms with Gasteiger partial charge in [-0.25, -0.2) is 4.79 Å². The number of hydrogen-bond donors (Lipinski definition) is 1. The molecule has 1 unspecified atom stereocenters. The van der Waals surface area contributed by atoms with E-state index in [1.54, 1.807) is 6.07 Å². The minimum atomic E-state index is -0.850. The van der Waals surface area contributed by atoms with Crippen LogP contribution in [0.3, 0.4) is 0 Å². The maximum absolute atomic E-state index is 10.7. The highest BCUT2D eigenvalue weighted by Gasteiger charge is 2.16. The van der Waals surface area contributed by atoms with Crippen LogP contribution in [0.2, 0.25) is 0 Å². The summed E-state index contributed by atoms with van der Waals surface area (Å²) >= 11 is 1.27. The van der Waals surface area contributed by atoms with Gasteiger partial charge in [0.25, 0.3) is 0 Å². The maximum atomic E-state index is 10.7. The largest absolute Gasteiger partial charge is 0.477 e. The number of thiophene rings is 1. The molecule has 0 saturated carbocycles. The Morgan fingerprint density at radius 1 is 1.47 bits per heavy atom. The Bertz CT molecular complexity index is 346. The topological polar surface area (TPSA) is 40.5 Å². The molecule has 1 rings (SSSR count). The lowest BCUT2D eigenvalue weighted by molar-refractivity contribution is 0.0702. The average Bonchev–Trinajstić information content (AvgIpc) is 2.64. The van der Waals surface area contributed by atoms with Gasteiger partial charge in [-0.2, -0.15) is 0 Å². The number of anilines is 1. The minimum Gasteiger partial charge on any atom is -0.477 e. The van der Waals surface area contributed by atoms with Crippen molar-refractivity contribution in [3.63, 3.8) is 0 Å². The Balaban J connectivity index is 2.82. The molecule has 0 bridgehead atoms. The zero-order valence-electron chi connectivity index (χ0n) is 9.52. The molecule has 0 amide bonds. The number of carboxylic acids is 1. The van der Waals surface area contributed by atoms with E-state index in [0.717, 1.165) is 5.69 Å². The number of rotatable bonds is 4. The van der Waals surface area contributed by atoms with Gasteiger partial charge >= 0.3 is 5.97 Å². The van der Waals surface area contributed by atoms with E-state index < -0.39 is 5.97 Å². The van der Waals surface area contributed by atoms with Gasteiger partial charge in [0.2, 0.25) is 0 Å². The van der Waals surface area contributed by atoms with E-state index in [1.807, 2.05) is 12.4 Å². The van der Waals surface area contributed by atoms with Crippen molar-refractivity contribution >= 4 is 23.0 Å². The molecule has 1 N–H and O–H groups in total. The molecular formula is C11H17NO2S. The van der Waals surface area contributed by atoms with E-state index in [0.29, 0.717) is 16.8 Å². The van der Waals surface area contributed by atoms with Crippen LogP contribution in [0.15, 0.2) is 11.4 Å². The molecule has 0 saturated heterocycles. The summed E-state index contributed by atoms with van der Waals surface area (Å²) in [6.45, 7) is 6.46. The fourth-order valence-corrected chi connectivity index (χ4v) is 2.08. The third kappa shape index (κ3) is 2.72. The van der Waals surface area contributed by atoms with E-state index in [4.69, 9.17) is 5.11 Å². The van der Waals surface area contributed by atoms with Crippen LogP contribution in [0.1, 0.15) is 30.4 Å². The van der Waals surface area contributed by atoms with Gasteiger partial charge in [0.15, 0.2) is 0 Å². The van der Waals surface area contributed by atoms with Gasteiger partial charge < -0.3 is 10.0 Å². The molecule has 84 valence electrons. The van der Waals surface area contributed by atoms with Gasteiger partial charge in [-0.1, -0.05) is 13.8 Å². The third-order valence-electron chi connectivity index (χ3n) is 2.78. The molecule has 1 aromatic heterocycles. The molecule has 0 radical (unpaired) electrons. The Labute approximate surface area is 94.3 Å². The van der Waals surface area contributed by atoms with Gasteiger partial charge in [-0.15, -0.1) is 11.3 Å². The summed E-state index contributed by atoms with van der Waals surface area (Å²) in [6, 6.07) is 2.13. The Morgan fingerprint density at radius 3 is 2.47 bits per heavy atom. The van der Waals surface area contributed by atoms with Crippen LogP contribution in [-0.2, 0) is 0 Å². The van der Waals surface area contributed by atoms with Crippen LogP contribution < -0.4 is 4.90 Å². The van der Waals surface area contributed by atoms with E-state index in [-0.39, 0.29) is 0 Å². The second kappa shape index (κ2) is 4.66. The molecule has 4 heteroatoms. The van der Waals surface area contributed by atoms with Gasteiger partial charge in [0.05, 0.1) is 0 Å². The molecule has 1 aromatic rings. The second-order valence-electron chi connectivity index (χ2n) is 4.07. The number of carbonyl (C=O) groups is 1. The summed E-state index contributed by atoms with van der Waals surface area (Å²) in [6.07, 6.45) is 0. The van der Waals surface area contributed by atoms with Crippen LogP contribution in [0.25, 0.3) is 0 Å². The summed E-state index contributed by atoms with van der Waals surface area (Å²) < 4.78 is 0. The summed E-state index contributed by atoms with van der Waals surface area (Å²) in [5, 5.41) is 10.7. The van der Waals surface area contributed by atoms with Crippen molar-refractivity contribution in [3.05, 3.63) is 16.3 Å². The highest BCUT2D eigenvalue weighted by atomic mass is 32.1. The van der Waals surface area contributed by atoms with Crippen LogP contribution in [0, 0.1) is 5.92 Å². The molecule has 0 aliphatic carbocycles. The normalized spacial score (nSPS) is 12.9. The van der Waals surface area contributed by atoms with E-state index in [1.165, 1.54) is 11.3 Å². The lowest BCUT2D eigenvalue weighted by Crippen LogP contribution is -2.32. The summed E-state index contributed by atoms with van der Waals surface area (Å²) in [5.74, 6) is -0.306. The molecule has 0 aliphatic rings. The van der Waals surface area contributed by atoms with Crippen LogP contribution >= 0.6 is 11.3 Å². The molecule has 1 atom stereocenters. The molecular weight excluding hydrogens is 210 g/mol. The highest BCUT2D eigenvalue weighted by molar-refractivity contribution is 7.12. The van der Waals surface area contributed by atoms with Crippen molar-refractivity contribution in [2.45, 2.75) is 26.8 Å². The molecule has 0 spiro atoms. The summed E-state index contributed by atoms with van der Waals surface area (Å²) in [5.41, 5.74) is 0.985. The smallest absolute Gasteiger partial charge is 0.345 e.